The van der Waals surface area contributed by atoms with Crippen LogP contribution in [0.3, 0.4) is 0 Å². The SMILES string of the molecule is CCC(c1ccccc1)C(N)c1nccn1C. The summed E-state index contributed by atoms with van der Waals surface area (Å²) in [6, 6.07) is 10.4. The lowest BCUT2D eigenvalue weighted by atomic mass is 9.89. The van der Waals surface area contributed by atoms with Crippen molar-refractivity contribution < 1.29 is 0 Å². The molecule has 90 valence electrons. The number of aryl methyl sites for hydroxylation is 1. The van der Waals surface area contributed by atoms with E-state index in [9.17, 15) is 0 Å². The zero-order chi connectivity index (χ0) is 12.3. The lowest BCUT2D eigenvalue weighted by Crippen LogP contribution is -2.22. The lowest BCUT2D eigenvalue weighted by Gasteiger charge is -2.22. The number of hydrogen-bond donors (Lipinski definition) is 1. The average Bonchev–Trinajstić information content (AvgIpc) is 2.77. The van der Waals surface area contributed by atoms with E-state index in [4.69, 9.17) is 5.73 Å². The van der Waals surface area contributed by atoms with Gasteiger partial charge in [-0.25, -0.2) is 4.98 Å². The van der Waals surface area contributed by atoms with Gasteiger partial charge in [-0.15, -0.1) is 0 Å². The molecule has 1 aromatic heterocycles. The monoisotopic (exact) mass is 229 g/mol. The topological polar surface area (TPSA) is 43.8 Å². The second-order valence-corrected chi connectivity index (χ2v) is 4.35. The minimum Gasteiger partial charge on any atom is -0.337 e. The summed E-state index contributed by atoms with van der Waals surface area (Å²) in [5.74, 6) is 1.26. The van der Waals surface area contributed by atoms with Gasteiger partial charge in [0.1, 0.15) is 5.82 Å². The summed E-state index contributed by atoms with van der Waals surface area (Å²) in [7, 11) is 1.99. The lowest BCUT2D eigenvalue weighted by molar-refractivity contribution is 0.502. The average molecular weight is 229 g/mol. The highest BCUT2D eigenvalue weighted by Gasteiger charge is 2.22. The van der Waals surface area contributed by atoms with E-state index < -0.39 is 0 Å². The normalized spacial score (nSPS) is 14.5. The van der Waals surface area contributed by atoms with Crippen molar-refractivity contribution in [2.24, 2.45) is 12.8 Å². The molecule has 17 heavy (non-hydrogen) atoms. The Balaban J connectivity index is 2.28. The summed E-state index contributed by atoms with van der Waals surface area (Å²) < 4.78 is 2.00. The zero-order valence-electron chi connectivity index (χ0n) is 10.4. The number of hydrogen-bond acceptors (Lipinski definition) is 2. The molecule has 0 fully saturated rings. The molecule has 0 aliphatic rings. The second-order valence-electron chi connectivity index (χ2n) is 4.35. The summed E-state index contributed by atoms with van der Waals surface area (Å²) >= 11 is 0. The fourth-order valence-electron chi connectivity index (χ4n) is 2.28. The van der Waals surface area contributed by atoms with Gasteiger partial charge >= 0.3 is 0 Å². The summed E-state index contributed by atoms with van der Waals surface area (Å²) in [5, 5.41) is 0. The summed E-state index contributed by atoms with van der Waals surface area (Å²) in [6.45, 7) is 2.17. The van der Waals surface area contributed by atoms with Crippen molar-refractivity contribution in [1.82, 2.24) is 9.55 Å². The maximum absolute atomic E-state index is 6.34. The zero-order valence-corrected chi connectivity index (χ0v) is 10.4. The molecule has 1 heterocycles. The molecule has 1 aromatic carbocycles. The Morgan fingerprint density at radius 1 is 1.29 bits per heavy atom. The molecular weight excluding hydrogens is 210 g/mol. The molecule has 2 unspecified atom stereocenters. The fraction of sp³-hybridized carbons (Fsp3) is 0.357. The maximum atomic E-state index is 6.34. The van der Waals surface area contributed by atoms with Gasteiger partial charge in [-0.2, -0.15) is 0 Å². The third kappa shape index (κ3) is 2.39. The minimum atomic E-state index is -0.0533. The van der Waals surface area contributed by atoms with E-state index >= 15 is 0 Å². The van der Waals surface area contributed by atoms with Gasteiger partial charge in [0.25, 0.3) is 0 Å². The van der Waals surface area contributed by atoms with Crippen molar-refractivity contribution in [2.45, 2.75) is 25.3 Å². The molecular formula is C14H19N3. The van der Waals surface area contributed by atoms with E-state index in [1.807, 2.05) is 23.9 Å². The molecule has 3 nitrogen and oxygen atoms in total. The Morgan fingerprint density at radius 3 is 2.53 bits per heavy atom. The molecule has 3 heteroatoms. The Hall–Kier alpha value is -1.61. The van der Waals surface area contributed by atoms with Crippen LogP contribution in [0.1, 0.15) is 36.7 Å². The Morgan fingerprint density at radius 2 is 2.00 bits per heavy atom. The molecule has 2 aromatic rings. The minimum absolute atomic E-state index is 0.0533. The van der Waals surface area contributed by atoms with Gasteiger partial charge < -0.3 is 10.3 Å². The van der Waals surface area contributed by atoms with Gasteiger partial charge in [0, 0.05) is 25.4 Å². The van der Waals surface area contributed by atoms with E-state index in [2.05, 4.69) is 36.2 Å². The third-order valence-corrected chi connectivity index (χ3v) is 3.26. The Kier molecular flexibility index (Phi) is 3.59. The first-order chi connectivity index (χ1) is 8.24. The highest BCUT2D eigenvalue weighted by atomic mass is 15.1. The molecule has 0 aliphatic heterocycles. The van der Waals surface area contributed by atoms with Gasteiger partial charge in [-0.05, 0) is 12.0 Å². The van der Waals surface area contributed by atoms with Crippen molar-refractivity contribution in [3.05, 3.63) is 54.1 Å². The first-order valence-electron chi connectivity index (χ1n) is 6.01. The molecule has 2 atom stereocenters. The van der Waals surface area contributed by atoms with Gasteiger partial charge in [0.2, 0.25) is 0 Å². The van der Waals surface area contributed by atoms with Crippen LogP contribution in [0.5, 0.6) is 0 Å². The van der Waals surface area contributed by atoms with E-state index in [1.54, 1.807) is 6.20 Å². The van der Waals surface area contributed by atoms with Crippen LogP contribution < -0.4 is 5.73 Å². The smallest absolute Gasteiger partial charge is 0.125 e. The summed E-state index contributed by atoms with van der Waals surface area (Å²) in [5.41, 5.74) is 7.63. The predicted molar refractivity (Wildman–Crippen MR) is 69.6 cm³/mol. The van der Waals surface area contributed by atoms with Gasteiger partial charge in [-0.1, -0.05) is 37.3 Å². The maximum Gasteiger partial charge on any atom is 0.125 e. The van der Waals surface area contributed by atoms with Crippen LogP contribution in [-0.2, 0) is 7.05 Å². The van der Waals surface area contributed by atoms with Gasteiger partial charge in [0.15, 0.2) is 0 Å². The van der Waals surface area contributed by atoms with Crippen molar-refractivity contribution in [1.29, 1.82) is 0 Å². The van der Waals surface area contributed by atoms with Crippen LogP contribution in [0.2, 0.25) is 0 Å². The van der Waals surface area contributed by atoms with E-state index in [0.717, 1.165) is 12.2 Å². The quantitative estimate of drug-likeness (QED) is 0.875. The van der Waals surface area contributed by atoms with Crippen LogP contribution in [0.25, 0.3) is 0 Å². The van der Waals surface area contributed by atoms with Crippen LogP contribution in [-0.4, -0.2) is 9.55 Å². The molecule has 0 spiro atoms. The van der Waals surface area contributed by atoms with Gasteiger partial charge in [0.05, 0.1) is 6.04 Å². The van der Waals surface area contributed by atoms with E-state index in [1.165, 1.54) is 5.56 Å². The van der Waals surface area contributed by atoms with Crippen molar-refractivity contribution in [3.63, 3.8) is 0 Å². The van der Waals surface area contributed by atoms with Crippen molar-refractivity contribution >= 4 is 0 Å². The second kappa shape index (κ2) is 5.15. The van der Waals surface area contributed by atoms with Crippen LogP contribution >= 0.6 is 0 Å². The molecule has 0 aliphatic carbocycles. The van der Waals surface area contributed by atoms with Crippen molar-refractivity contribution in [2.75, 3.05) is 0 Å². The molecule has 0 radical (unpaired) electrons. The number of nitrogens with zero attached hydrogens (tertiary/aromatic N) is 2. The molecule has 0 saturated heterocycles. The Bertz CT molecular complexity index is 461. The summed E-state index contributed by atoms with van der Waals surface area (Å²) in [6.07, 6.45) is 4.75. The van der Waals surface area contributed by atoms with Crippen LogP contribution in [0.15, 0.2) is 42.7 Å². The highest BCUT2D eigenvalue weighted by Crippen LogP contribution is 2.30. The van der Waals surface area contributed by atoms with E-state index in [-0.39, 0.29) is 6.04 Å². The molecule has 2 rings (SSSR count). The number of aromatic nitrogens is 2. The van der Waals surface area contributed by atoms with Crippen LogP contribution in [0.4, 0.5) is 0 Å². The largest absolute Gasteiger partial charge is 0.337 e. The Labute approximate surface area is 102 Å². The first-order valence-corrected chi connectivity index (χ1v) is 6.01. The van der Waals surface area contributed by atoms with Crippen molar-refractivity contribution in [3.8, 4) is 0 Å². The third-order valence-electron chi connectivity index (χ3n) is 3.26. The van der Waals surface area contributed by atoms with E-state index in [0.29, 0.717) is 5.92 Å². The molecule has 0 amide bonds. The molecule has 2 N–H and O–H groups in total. The number of rotatable bonds is 4. The summed E-state index contributed by atoms with van der Waals surface area (Å²) in [4.78, 5) is 4.35. The highest BCUT2D eigenvalue weighted by molar-refractivity contribution is 5.23. The number of benzene rings is 1. The first kappa shape index (κ1) is 11.9. The van der Waals surface area contributed by atoms with Gasteiger partial charge in [-0.3, -0.25) is 0 Å². The number of imidazole rings is 1. The predicted octanol–water partition coefficient (Wildman–Crippen LogP) is 2.61. The standard InChI is InChI=1S/C14H19N3/c1-3-12(11-7-5-4-6-8-11)13(15)14-16-9-10-17(14)2/h4-10,12-13H,3,15H2,1-2H3. The molecule has 0 saturated carbocycles. The number of nitrogens with two attached hydrogens (primary N) is 1. The molecule has 0 bridgehead atoms. The fourth-order valence-corrected chi connectivity index (χ4v) is 2.28. The van der Waals surface area contributed by atoms with Crippen LogP contribution in [0, 0.1) is 0 Å².